The van der Waals surface area contributed by atoms with E-state index in [1.807, 2.05) is 0 Å². The van der Waals surface area contributed by atoms with Crippen molar-refractivity contribution in [3.05, 3.63) is 29.8 Å². The molecule has 0 atom stereocenters. The third-order valence-electron chi connectivity index (χ3n) is 3.83. The van der Waals surface area contributed by atoms with Crippen LogP contribution >= 0.6 is 0 Å². The van der Waals surface area contributed by atoms with Crippen molar-refractivity contribution < 1.29 is 22.7 Å². The highest BCUT2D eigenvalue weighted by atomic mass is 19.4. The lowest BCUT2D eigenvalue weighted by atomic mass is 10.1. The van der Waals surface area contributed by atoms with Gasteiger partial charge in [0.1, 0.15) is 0 Å². The summed E-state index contributed by atoms with van der Waals surface area (Å²) < 4.78 is 43.9. The summed E-state index contributed by atoms with van der Waals surface area (Å²) in [5.74, 6) is -0.183. The van der Waals surface area contributed by atoms with Crippen molar-refractivity contribution in [2.75, 3.05) is 44.3 Å². The van der Waals surface area contributed by atoms with Gasteiger partial charge in [-0.2, -0.15) is 13.2 Å². The molecule has 0 aromatic heterocycles. The Bertz CT molecular complexity index is 528. The van der Waals surface area contributed by atoms with Gasteiger partial charge in [0.05, 0.1) is 18.8 Å². The summed E-state index contributed by atoms with van der Waals surface area (Å²) in [5, 5.41) is 0. The molecule has 0 N–H and O–H groups in total. The Balaban J connectivity index is 2.13. The molecule has 2 rings (SSSR count). The number of hydrogen-bond donors (Lipinski definition) is 0. The first-order valence-electron chi connectivity index (χ1n) is 7.69. The van der Waals surface area contributed by atoms with Crippen molar-refractivity contribution in [2.45, 2.75) is 19.5 Å². The molecule has 0 bridgehead atoms. The van der Waals surface area contributed by atoms with Crippen LogP contribution in [0.25, 0.3) is 0 Å². The van der Waals surface area contributed by atoms with Gasteiger partial charge in [0.25, 0.3) is 0 Å². The van der Waals surface area contributed by atoms with Gasteiger partial charge in [0.15, 0.2) is 0 Å². The molecule has 23 heavy (non-hydrogen) atoms. The summed E-state index contributed by atoms with van der Waals surface area (Å²) in [6.07, 6.45) is -4.17. The highest BCUT2D eigenvalue weighted by Crippen LogP contribution is 2.31. The lowest BCUT2D eigenvalue weighted by Crippen LogP contribution is -2.43. The number of alkyl halides is 3. The normalized spacial score (nSPS) is 16.3. The molecule has 4 nitrogen and oxygen atoms in total. The highest BCUT2D eigenvalue weighted by molar-refractivity contribution is 5.93. The van der Waals surface area contributed by atoms with Gasteiger partial charge >= 0.3 is 6.18 Å². The van der Waals surface area contributed by atoms with Crippen LogP contribution in [0.3, 0.4) is 0 Å². The number of carbonyl (C=O) groups is 1. The van der Waals surface area contributed by atoms with Gasteiger partial charge in [0, 0.05) is 38.3 Å². The fraction of sp³-hybridized carbons (Fsp3) is 0.562. The minimum absolute atomic E-state index is 0.183. The Morgan fingerprint density at radius 2 is 2.00 bits per heavy atom. The van der Waals surface area contributed by atoms with Crippen LogP contribution in [0.5, 0.6) is 0 Å². The van der Waals surface area contributed by atoms with Crippen LogP contribution in [0.1, 0.15) is 18.9 Å². The molecule has 0 radical (unpaired) electrons. The molecule has 1 amide bonds. The Hall–Kier alpha value is -1.60. The SMILES string of the molecule is CCC(=O)N(CCN1CCOCC1)c1cccc(C(F)(F)F)c1. The van der Waals surface area contributed by atoms with Crippen LogP contribution < -0.4 is 4.90 Å². The Kier molecular flexibility index (Phi) is 6.01. The molecule has 1 aromatic carbocycles. The van der Waals surface area contributed by atoms with Crippen molar-refractivity contribution in [1.29, 1.82) is 0 Å². The summed E-state index contributed by atoms with van der Waals surface area (Å²) in [7, 11) is 0. The number of carbonyl (C=O) groups excluding carboxylic acids is 1. The number of hydrogen-bond acceptors (Lipinski definition) is 3. The number of halogens is 3. The molecule has 0 aliphatic carbocycles. The summed E-state index contributed by atoms with van der Waals surface area (Å²) in [6.45, 7) is 5.53. The van der Waals surface area contributed by atoms with E-state index in [0.29, 0.717) is 32.0 Å². The number of benzene rings is 1. The topological polar surface area (TPSA) is 32.8 Å². The second kappa shape index (κ2) is 7.79. The first-order valence-corrected chi connectivity index (χ1v) is 7.69. The number of amides is 1. The van der Waals surface area contributed by atoms with E-state index in [1.165, 1.54) is 11.0 Å². The van der Waals surface area contributed by atoms with Crippen molar-refractivity contribution in [3.8, 4) is 0 Å². The number of morpholine rings is 1. The second-order valence-electron chi connectivity index (χ2n) is 5.40. The zero-order valence-corrected chi connectivity index (χ0v) is 13.1. The summed E-state index contributed by atoms with van der Waals surface area (Å²) >= 11 is 0. The monoisotopic (exact) mass is 330 g/mol. The van der Waals surface area contributed by atoms with E-state index in [4.69, 9.17) is 4.74 Å². The van der Waals surface area contributed by atoms with Crippen molar-refractivity contribution in [1.82, 2.24) is 4.90 Å². The third kappa shape index (κ3) is 4.94. The maximum absolute atomic E-state index is 12.9. The van der Waals surface area contributed by atoms with Crippen LogP contribution in [0, 0.1) is 0 Å². The molecule has 1 saturated heterocycles. The molecule has 7 heteroatoms. The molecule has 0 spiro atoms. The second-order valence-corrected chi connectivity index (χ2v) is 5.40. The van der Waals surface area contributed by atoms with Gasteiger partial charge in [-0.25, -0.2) is 0 Å². The molecular weight excluding hydrogens is 309 g/mol. The predicted molar refractivity (Wildman–Crippen MR) is 81.3 cm³/mol. The van der Waals surface area contributed by atoms with Crippen molar-refractivity contribution in [3.63, 3.8) is 0 Å². The Labute approximate surface area is 133 Å². The fourth-order valence-corrected chi connectivity index (χ4v) is 2.50. The molecular formula is C16H21F3N2O2. The average Bonchev–Trinajstić information content (AvgIpc) is 2.55. The number of rotatable bonds is 5. The van der Waals surface area contributed by atoms with Gasteiger partial charge in [-0.1, -0.05) is 13.0 Å². The van der Waals surface area contributed by atoms with Gasteiger partial charge in [-0.15, -0.1) is 0 Å². The molecule has 1 heterocycles. The van der Waals surface area contributed by atoms with Crippen molar-refractivity contribution in [2.24, 2.45) is 0 Å². The molecule has 0 saturated carbocycles. The minimum atomic E-state index is -4.42. The molecule has 0 unspecified atom stereocenters. The summed E-state index contributed by atoms with van der Waals surface area (Å²) in [5.41, 5.74) is -0.449. The van der Waals surface area contributed by atoms with Crippen LogP contribution in [-0.2, 0) is 15.7 Å². The first-order chi connectivity index (χ1) is 10.9. The van der Waals surface area contributed by atoms with E-state index >= 15 is 0 Å². The van der Waals surface area contributed by atoms with E-state index in [-0.39, 0.29) is 12.3 Å². The molecule has 1 fully saturated rings. The van der Waals surface area contributed by atoms with E-state index in [9.17, 15) is 18.0 Å². The highest BCUT2D eigenvalue weighted by Gasteiger charge is 2.31. The summed E-state index contributed by atoms with van der Waals surface area (Å²) in [4.78, 5) is 15.7. The Morgan fingerprint density at radius 3 is 2.61 bits per heavy atom. The number of nitrogens with zero attached hydrogens (tertiary/aromatic N) is 2. The number of ether oxygens (including phenoxy) is 1. The molecule has 128 valence electrons. The van der Waals surface area contributed by atoms with Crippen LogP contribution in [0.4, 0.5) is 18.9 Å². The van der Waals surface area contributed by atoms with Gasteiger partial charge in [-0.3, -0.25) is 9.69 Å². The lowest BCUT2D eigenvalue weighted by Gasteiger charge is -2.30. The van der Waals surface area contributed by atoms with E-state index in [1.54, 1.807) is 13.0 Å². The fourth-order valence-electron chi connectivity index (χ4n) is 2.50. The average molecular weight is 330 g/mol. The van der Waals surface area contributed by atoms with E-state index < -0.39 is 11.7 Å². The van der Waals surface area contributed by atoms with Gasteiger partial charge in [0.2, 0.25) is 5.91 Å². The van der Waals surface area contributed by atoms with E-state index in [2.05, 4.69) is 4.90 Å². The van der Waals surface area contributed by atoms with Crippen LogP contribution in [0.15, 0.2) is 24.3 Å². The van der Waals surface area contributed by atoms with Crippen LogP contribution in [0.2, 0.25) is 0 Å². The first kappa shape index (κ1) is 17.7. The standard InChI is InChI=1S/C16H21F3N2O2/c1-2-15(22)21(7-6-20-8-10-23-11-9-20)14-5-3-4-13(12-14)16(17,18)19/h3-5,12H,2,6-11H2,1H3. The smallest absolute Gasteiger partial charge is 0.379 e. The quantitative estimate of drug-likeness (QED) is 0.832. The van der Waals surface area contributed by atoms with Gasteiger partial charge in [-0.05, 0) is 18.2 Å². The molecule has 1 aliphatic heterocycles. The zero-order chi connectivity index (χ0) is 16.9. The van der Waals surface area contributed by atoms with Crippen molar-refractivity contribution >= 4 is 11.6 Å². The third-order valence-corrected chi connectivity index (χ3v) is 3.83. The van der Waals surface area contributed by atoms with Crippen LogP contribution in [-0.4, -0.2) is 50.2 Å². The Morgan fingerprint density at radius 1 is 1.30 bits per heavy atom. The number of anilines is 1. The zero-order valence-electron chi connectivity index (χ0n) is 13.1. The molecule has 1 aromatic rings. The lowest BCUT2D eigenvalue weighted by molar-refractivity contribution is -0.137. The maximum Gasteiger partial charge on any atom is 0.416 e. The minimum Gasteiger partial charge on any atom is -0.379 e. The molecule has 1 aliphatic rings. The van der Waals surface area contributed by atoms with E-state index in [0.717, 1.165) is 25.2 Å². The maximum atomic E-state index is 12.9. The largest absolute Gasteiger partial charge is 0.416 e. The van der Waals surface area contributed by atoms with Gasteiger partial charge < -0.3 is 9.64 Å². The summed E-state index contributed by atoms with van der Waals surface area (Å²) in [6, 6.07) is 4.93. The predicted octanol–water partition coefficient (Wildman–Crippen LogP) is 2.78.